The summed E-state index contributed by atoms with van der Waals surface area (Å²) in [5.41, 5.74) is 1.57. The molecule has 0 bridgehead atoms. The second kappa shape index (κ2) is 10.7. The van der Waals surface area contributed by atoms with Crippen molar-refractivity contribution in [3.63, 3.8) is 0 Å². The van der Waals surface area contributed by atoms with Gasteiger partial charge in [-0.1, -0.05) is 11.8 Å². The monoisotopic (exact) mass is 486 g/mol. The lowest BCUT2D eigenvalue weighted by Crippen LogP contribution is -2.38. The number of benzene rings is 1. The highest BCUT2D eigenvalue weighted by Crippen LogP contribution is 2.27. The zero-order chi connectivity index (χ0) is 23.3. The van der Waals surface area contributed by atoms with Gasteiger partial charge in [-0.05, 0) is 43.5 Å². The average molecular weight is 487 g/mol. The van der Waals surface area contributed by atoms with E-state index in [2.05, 4.69) is 25.0 Å². The van der Waals surface area contributed by atoms with E-state index < -0.39 is 0 Å². The van der Waals surface area contributed by atoms with Gasteiger partial charge in [-0.15, -0.1) is 10.2 Å². The molecule has 0 aliphatic carbocycles. The van der Waals surface area contributed by atoms with Gasteiger partial charge < -0.3 is 24.6 Å². The third kappa shape index (κ3) is 5.37. The maximum atomic E-state index is 12.6. The number of nitrogens with zero attached hydrogens (tertiary/aromatic N) is 5. The summed E-state index contributed by atoms with van der Waals surface area (Å²) < 4.78 is 13.4. The second-order valence-electron chi connectivity index (χ2n) is 8.66. The SMILES string of the molecule is O=C(CSc1nnc(N2CCOCC2)n1CC1CCCO1)Nc1ccc(N2CCCC2=O)cc1. The Morgan fingerprint density at radius 3 is 2.62 bits per heavy atom. The third-order valence-corrected chi connectivity index (χ3v) is 7.24. The molecule has 34 heavy (non-hydrogen) atoms. The third-order valence-electron chi connectivity index (χ3n) is 6.27. The van der Waals surface area contributed by atoms with Crippen molar-refractivity contribution in [2.45, 2.75) is 43.5 Å². The molecule has 1 atom stereocenters. The number of rotatable bonds is 8. The van der Waals surface area contributed by atoms with Gasteiger partial charge in [-0.2, -0.15) is 0 Å². The van der Waals surface area contributed by atoms with Crippen LogP contribution in [0.2, 0.25) is 0 Å². The molecule has 1 unspecified atom stereocenters. The number of aromatic nitrogens is 3. The lowest BCUT2D eigenvalue weighted by molar-refractivity contribution is -0.117. The molecule has 4 heterocycles. The molecule has 2 amide bonds. The minimum absolute atomic E-state index is 0.116. The number of anilines is 3. The van der Waals surface area contributed by atoms with Gasteiger partial charge in [0.05, 0.1) is 31.6 Å². The van der Waals surface area contributed by atoms with Gasteiger partial charge in [0.15, 0.2) is 5.16 Å². The van der Waals surface area contributed by atoms with Crippen molar-refractivity contribution in [1.29, 1.82) is 0 Å². The van der Waals surface area contributed by atoms with Crippen molar-refractivity contribution in [2.75, 3.05) is 60.3 Å². The van der Waals surface area contributed by atoms with E-state index in [0.717, 1.165) is 62.3 Å². The largest absolute Gasteiger partial charge is 0.378 e. The molecule has 11 heteroatoms. The van der Waals surface area contributed by atoms with Gasteiger partial charge in [-0.25, -0.2) is 0 Å². The van der Waals surface area contributed by atoms with E-state index >= 15 is 0 Å². The molecule has 0 radical (unpaired) electrons. The Morgan fingerprint density at radius 1 is 1.09 bits per heavy atom. The van der Waals surface area contributed by atoms with Gasteiger partial charge in [0.1, 0.15) is 0 Å². The Bertz CT molecular complexity index is 1000. The molecule has 0 saturated carbocycles. The Morgan fingerprint density at radius 2 is 1.91 bits per heavy atom. The topological polar surface area (TPSA) is 102 Å². The van der Waals surface area contributed by atoms with E-state index in [-0.39, 0.29) is 23.7 Å². The molecule has 2 aromatic rings. The molecule has 1 aromatic heterocycles. The fourth-order valence-corrected chi connectivity index (χ4v) is 5.25. The van der Waals surface area contributed by atoms with E-state index in [1.54, 1.807) is 4.90 Å². The molecule has 3 saturated heterocycles. The summed E-state index contributed by atoms with van der Waals surface area (Å²) in [6, 6.07) is 7.41. The Labute approximate surface area is 203 Å². The van der Waals surface area contributed by atoms with Gasteiger partial charge in [0.25, 0.3) is 0 Å². The van der Waals surface area contributed by atoms with Crippen LogP contribution in [-0.4, -0.2) is 77.9 Å². The molecule has 3 fully saturated rings. The van der Waals surface area contributed by atoms with Crippen molar-refractivity contribution in [3.8, 4) is 0 Å². The number of nitrogens with one attached hydrogen (secondary N) is 1. The lowest BCUT2D eigenvalue weighted by atomic mass is 10.2. The van der Waals surface area contributed by atoms with E-state index in [1.165, 1.54) is 11.8 Å². The van der Waals surface area contributed by atoms with Crippen LogP contribution < -0.4 is 15.1 Å². The van der Waals surface area contributed by atoms with Crippen molar-refractivity contribution in [2.24, 2.45) is 0 Å². The van der Waals surface area contributed by atoms with Crippen LogP contribution in [-0.2, 0) is 25.6 Å². The molecular weight excluding hydrogens is 456 g/mol. The minimum Gasteiger partial charge on any atom is -0.378 e. The van der Waals surface area contributed by atoms with Crippen LogP contribution in [0.1, 0.15) is 25.7 Å². The van der Waals surface area contributed by atoms with Gasteiger partial charge >= 0.3 is 0 Å². The molecule has 1 aromatic carbocycles. The molecule has 0 spiro atoms. The van der Waals surface area contributed by atoms with Crippen LogP contribution in [0.4, 0.5) is 17.3 Å². The van der Waals surface area contributed by atoms with Crippen LogP contribution in [0.15, 0.2) is 29.4 Å². The maximum absolute atomic E-state index is 12.6. The summed E-state index contributed by atoms with van der Waals surface area (Å²) in [4.78, 5) is 28.5. The van der Waals surface area contributed by atoms with E-state index in [0.29, 0.717) is 31.9 Å². The number of thioether (sulfide) groups is 1. The Kier molecular flexibility index (Phi) is 7.31. The Balaban J connectivity index is 1.21. The van der Waals surface area contributed by atoms with Crippen molar-refractivity contribution < 1.29 is 19.1 Å². The summed E-state index contributed by atoms with van der Waals surface area (Å²) in [6.07, 6.45) is 3.71. The first-order chi connectivity index (χ1) is 16.7. The first-order valence-corrected chi connectivity index (χ1v) is 12.9. The van der Waals surface area contributed by atoms with Crippen LogP contribution in [0, 0.1) is 0 Å². The summed E-state index contributed by atoms with van der Waals surface area (Å²) in [7, 11) is 0. The highest BCUT2D eigenvalue weighted by molar-refractivity contribution is 7.99. The minimum atomic E-state index is -0.116. The van der Waals surface area contributed by atoms with Crippen LogP contribution in [0.5, 0.6) is 0 Å². The number of carbonyl (C=O) groups excluding carboxylic acids is 2. The lowest BCUT2D eigenvalue weighted by Gasteiger charge is -2.28. The summed E-state index contributed by atoms with van der Waals surface area (Å²) in [5, 5.41) is 12.5. The first-order valence-electron chi connectivity index (χ1n) is 11.9. The number of hydrogen-bond donors (Lipinski definition) is 1. The van der Waals surface area contributed by atoms with E-state index in [1.807, 2.05) is 24.3 Å². The van der Waals surface area contributed by atoms with Crippen molar-refractivity contribution in [1.82, 2.24) is 14.8 Å². The zero-order valence-electron chi connectivity index (χ0n) is 19.1. The molecule has 5 rings (SSSR count). The van der Waals surface area contributed by atoms with Crippen LogP contribution >= 0.6 is 11.8 Å². The van der Waals surface area contributed by atoms with Gasteiger partial charge in [0.2, 0.25) is 17.8 Å². The number of carbonyl (C=O) groups is 2. The van der Waals surface area contributed by atoms with Gasteiger partial charge in [-0.3, -0.25) is 14.2 Å². The highest BCUT2D eigenvalue weighted by atomic mass is 32.2. The number of hydrogen-bond acceptors (Lipinski definition) is 8. The predicted molar refractivity (Wildman–Crippen MR) is 129 cm³/mol. The summed E-state index contributed by atoms with van der Waals surface area (Å²) >= 11 is 1.38. The number of amides is 2. The molecule has 10 nitrogen and oxygen atoms in total. The quantitative estimate of drug-likeness (QED) is 0.567. The van der Waals surface area contributed by atoms with Crippen molar-refractivity contribution >= 4 is 40.9 Å². The summed E-state index contributed by atoms with van der Waals surface area (Å²) in [5.74, 6) is 1.07. The normalized spacial score (nSPS) is 20.8. The van der Waals surface area contributed by atoms with Gasteiger partial charge in [0, 0.05) is 44.0 Å². The molecule has 3 aliphatic heterocycles. The maximum Gasteiger partial charge on any atom is 0.234 e. The number of ether oxygens (including phenoxy) is 2. The number of morpholine rings is 1. The smallest absolute Gasteiger partial charge is 0.234 e. The predicted octanol–water partition coefficient (Wildman–Crippen LogP) is 2.15. The average Bonchev–Trinajstić information content (AvgIpc) is 3.61. The fraction of sp³-hybridized carbons (Fsp3) is 0.565. The second-order valence-corrected chi connectivity index (χ2v) is 9.60. The summed E-state index contributed by atoms with van der Waals surface area (Å²) in [6.45, 7) is 5.10. The van der Waals surface area contributed by atoms with Crippen LogP contribution in [0.25, 0.3) is 0 Å². The molecule has 182 valence electrons. The van der Waals surface area contributed by atoms with E-state index in [4.69, 9.17) is 9.47 Å². The van der Waals surface area contributed by atoms with Crippen molar-refractivity contribution in [3.05, 3.63) is 24.3 Å². The molecule has 3 aliphatic rings. The highest BCUT2D eigenvalue weighted by Gasteiger charge is 2.25. The molecule has 1 N–H and O–H groups in total. The first kappa shape index (κ1) is 23.1. The Hall–Kier alpha value is -2.63. The standard InChI is InChI=1S/C23H30N6O4S/c30-20(24-17-5-7-18(8-6-17)28-9-1-4-21(28)31)16-34-23-26-25-22(27-10-13-32-14-11-27)29(23)15-19-3-2-12-33-19/h5-8,19H,1-4,9-16H2,(H,24,30). The van der Waals surface area contributed by atoms with Crippen LogP contribution in [0.3, 0.4) is 0 Å². The van der Waals surface area contributed by atoms with E-state index in [9.17, 15) is 9.59 Å². The molecular formula is C23H30N6O4S. The fourth-order valence-electron chi connectivity index (χ4n) is 4.51. The zero-order valence-corrected chi connectivity index (χ0v) is 20.0.